The molecule has 0 fully saturated rings. The van der Waals surface area contributed by atoms with E-state index in [1.165, 1.54) is 103 Å². The van der Waals surface area contributed by atoms with Crippen LogP contribution in [0.5, 0.6) is 0 Å². The van der Waals surface area contributed by atoms with Gasteiger partial charge in [0.1, 0.15) is 19.8 Å². The number of likely N-dealkylation sites (N-methyl/N-ethyl adjacent to an activating group) is 1. The second-order valence-electron chi connectivity index (χ2n) is 15.5. The van der Waals surface area contributed by atoms with Crippen LogP contribution < -0.4 is 0 Å². The average Bonchev–Trinajstić information content (AvgIpc) is 3.14. The zero-order valence-corrected chi connectivity index (χ0v) is 35.0. The maximum Gasteiger partial charge on any atom is 0.320 e. The van der Waals surface area contributed by atoms with Crippen LogP contribution in [0.2, 0.25) is 0 Å². The Balaban J connectivity index is 4.34. The summed E-state index contributed by atoms with van der Waals surface area (Å²) in [5, 5.41) is 10.3. The van der Waals surface area contributed by atoms with E-state index in [0.717, 1.165) is 64.2 Å². The normalized spacial score (nSPS) is 12.0. The van der Waals surface area contributed by atoms with Gasteiger partial charge in [-0.2, -0.15) is 0 Å². The van der Waals surface area contributed by atoms with Crippen molar-refractivity contribution in [2.45, 2.75) is 194 Å². The van der Waals surface area contributed by atoms with Crippen molar-refractivity contribution in [1.29, 1.82) is 0 Å². The number of hydrogen-bond acceptors (Lipinski definition) is 8. The third-order valence-electron chi connectivity index (χ3n) is 9.68. The molecular weight excluding hydrogens is 666 g/mol. The van der Waals surface area contributed by atoms with E-state index in [1.807, 2.05) is 0 Å². The third kappa shape index (κ3) is 35.3. The van der Waals surface area contributed by atoms with Crippen molar-refractivity contribution in [2.24, 2.45) is 5.41 Å². The number of carbonyl (C=O) groups is 3. The van der Waals surface area contributed by atoms with Crippen LogP contribution in [0.3, 0.4) is 0 Å². The van der Waals surface area contributed by atoms with Crippen molar-refractivity contribution in [2.75, 3.05) is 47.1 Å². The highest BCUT2D eigenvalue weighted by atomic mass is 16.6. The van der Waals surface area contributed by atoms with Crippen LogP contribution in [0.15, 0.2) is 24.3 Å². The van der Waals surface area contributed by atoms with Crippen LogP contribution in [0.4, 0.5) is 0 Å². The number of allylic oxidation sites excluding steroid dienone is 4. The van der Waals surface area contributed by atoms with Gasteiger partial charge in [-0.05, 0) is 78.3 Å². The minimum atomic E-state index is -1.21. The molecule has 0 aliphatic carbocycles. The lowest BCUT2D eigenvalue weighted by Gasteiger charge is -2.30. The Morgan fingerprint density at radius 3 is 1.09 bits per heavy atom. The van der Waals surface area contributed by atoms with E-state index in [2.05, 4.69) is 38.2 Å². The van der Waals surface area contributed by atoms with E-state index < -0.39 is 18.0 Å². The number of nitrogens with zero attached hydrogens (tertiary/aromatic N) is 1. The summed E-state index contributed by atoms with van der Waals surface area (Å²) in [6, 6.07) is 0. The van der Waals surface area contributed by atoms with Gasteiger partial charge in [0.25, 0.3) is 0 Å². The smallest absolute Gasteiger partial charge is 0.320 e. The first-order valence-corrected chi connectivity index (χ1v) is 21.8. The first kappa shape index (κ1) is 50.8. The van der Waals surface area contributed by atoms with E-state index in [1.54, 1.807) is 19.0 Å². The fourth-order valence-corrected chi connectivity index (χ4v) is 6.09. The van der Waals surface area contributed by atoms with Crippen molar-refractivity contribution < 1.29 is 33.7 Å². The number of rotatable bonds is 39. The summed E-state index contributed by atoms with van der Waals surface area (Å²) in [7, 11) is 3.52. The van der Waals surface area contributed by atoms with Crippen molar-refractivity contribution in [1.82, 2.24) is 4.90 Å². The van der Waals surface area contributed by atoms with Gasteiger partial charge in [-0.3, -0.25) is 19.3 Å². The molecule has 0 aliphatic rings. The van der Waals surface area contributed by atoms with E-state index in [9.17, 15) is 19.5 Å². The van der Waals surface area contributed by atoms with Crippen LogP contribution in [-0.2, 0) is 28.6 Å². The standard InChI is InChI=1S/C45H83NO7/c1-5-7-9-11-13-15-17-19-21-23-25-27-29-31-33-35-42(48)51-39-45(38-47,41-53-44(50)37-46(3)4)40-52-43(49)36-34-32-30-28-26-24-22-20-18-16-14-12-10-8-6-2/h19-22,47H,5-18,23-41H2,1-4H3/b21-19-,22-20-. The second-order valence-corrected chi connectivity index (χ2v) is 15.5. The van der Waals surface area contributed by atoms with Gasteiger partial charge in [0.15, 0.2) is 0 Å². The molecule has 0 amide bonds. The lowest BCUT2D eigenvalue weighted by atomic mass is 9.92. The molecule has 310 valence electrons. The quantitative estimate of drug-likeness (QED) is 0.0287. The molecule has 0 radical (unpaired) electrons. The Bertz CT molecular complexity index is 861. The van der Waals surface area contributed by atoms with Gasteiger partial charge in [0.2, 0.25) is 0 Å². The summed E-state index contributed by atoms with van der Waals surface area (Å²) in [4.78, 5) is 39.1. The zero-order chi connectivity index (χ0) is 39.1. The van der Waals surface area contributed by atoms with E-state index in [-0.39, 0.29) is 51.1 Å². The highest BCUT2D eigenvalue weighted by molar-refractivity contribution is 5.72. The maximum atomic E-state index is 12.6. The lowest BCUT2D eigenvalue weighted by Crippen LogP contribution is -2.43. The predicted molar refractivity (Wildman–Crippen MR) is 220 cm³/mol. The number of carbonyl (C=O) groups excluding carboxylic acids is 3. The number of ether oxygens (including phenoxy) is 3. The van der Waals surface area contributed by atoms with Crippen LogP contribution in [0.25, 0.3) is 0 Å². The number of unbranched alkanes of at least 4 members (excludes halogenated alkanes) is 22. The molecule has 0 aromatic carbocycles. The van der Waals surface area contributed by atoms with E-state index >= 15 is 0 Å². The molecule has 0 aromatic rings. The van der Waals surface area contributed by atoms with Gasteiger partial charge in [-0.1, -0.05) is 141 Å². The number of aliphatic hydroxyl groups excluding tert-OH is 1. The molecule has 0 aromatic heterocycles. The SMILES string of the molecule is CCCCCCCC/C=C\CCCCCCCC(=O)OCC(CO)(COC(=O)CCCCCCC/C=C\CCCCCCCC)COC(=O)CN(C)C. The molecule has 0 atom stereocenters. The molecule has 1 N–H and O–H groups in total. The summed E-state index contributed by atoms with van der Waals surface area (Å²) in [6.45, 7) is 3.53. The van der Waals surface area contributed by atoms with Crippen LogP contribution in [0, 0.1) is 5.41 Å². The van der Waals surface area contributed by atoms with E-state index in [4.69, 9.17) is 14.2 Å². The first-order chi connectivity index (χ1) is 25.8. The fourth-order valence-electron chi connectivity index (χ4n) is 6.09. The van der Waals surface area contributed by atoms with Gasteiger partial charge >= 0.3 is 17.9 Å². The highest BCUT2D eigenvalue weighted by Gasteiger charge is 2.35. The molecule has 0 saturated carbocycles. The fraction of sp³-hybridized carbons (Fsp3) is 0.844. The Labute approximate surface area is 326 Å². The minimum absolute atomic E-state index is 0.0754. The molecule has 53 heavy (non-hydrogen) atoms. The molecule has 0 rings (SSSR count). The molecule has 0 spiro atoms. The van der Waals surface area contributed by atoms with E-state index in [0.29, 0.717) is 0 Å². The molecule has 0 saturated heterocycles. The summed E-state index contributed by atoms with van der Waals surface area (Å²) >= 11 is 0. The minimum Gasteiger partial charge on any atom is -0.465 e. The van der Waals surface area contributed by atoms with Crippen LogP contribution >= 0.6 is 0 Å². The van der Waals surface area contributed by atoms with Crippen molar-refractivity contribution >= 4 is 17.9 Å². The Morgan fingerprint density at radius 1 is 0.472 bits per heavy atom. The topological polar surface area (TPSA) is 102 Å². The van der Waals surface area contributed by atoms with Crippen LogP contribution in [-0.4, -0.2) is 75.0 Å². The lowest BCUT2D eigenvalue weighted by molar-refractivity contribution is -0.165. The zero-order valence-electron chi connectivity index (χ0n) is 35.0. The van der Waals surface area contributed by atoms with Gasteiger partial charge in [0, 0.05) is 12.8 Å². The maximum absolute atomic E-state index is 12.6. The summed E-state index contributed by atoms with van der Waals surface area (Å²) in [6.07, 6.45) is 40.6. The Kier molecular flexibility index (Phi) is 36.5. The van der Waals surface area contributed by atoms with Crippen molar-refractivity contribution in [3.05, 3.63) is 24.3 Å². The molecule has 8 nitrogen and oxygen atoms in total. The van der Waals surface area contributed by atoms with Crippen molar-refractivity contribution in [3.8, 4) is 0 Å². The van der Waals surface area contributed by atoms with Crippen LogP contribution in [0.1, 0.15) is 194 Å². The average molecular weight is 750 g/mol. The molecule has 0 heterocycles. The van der Waals surface area contributed by atoms with Gasteiger partial charge in [-0.15, -0.1) is 0 Å². The number of hydrogen-bond donors (Lipinski definition) is 1. The third-order valence-corrected chi connectivity index (χ3v) is 9.68. The van der Waals surface area contributed by atoms with Gasteiger partial charge in [0.05, 0.1) is 18.6 Å². The number of aliphatic hydroxyl groups is 1. The molecule has 0 bridgehead atoms. The van der Waals surface area contributed by atoms with Gasteiger partial charge < -0.3 is 19.3 Å². The Morgan fingerprint density at radius 2 is 0.774 bits per heavy atom. The number of esters is 3. The first-order valence-electron chi connectivity index (χ1n) is 21.8. The molecule has 8 heteroatoms. The molecule has 0 aliphatic heterocycles. The molecule has 0 unspecified atom stereocenters. The Hall–Kier alpha value is -2.19. The predicted octanol–water partition coefficient (Wildman–Crippen LogP) is 11.2. The van der Waals surface area contributed by atoms with Gasteiger partial charge in [-0.25, -0.2) is 0 Å². The summed E-state index contributed by atoms with van der Waals surface area (Å²) < 4.78 is 16.5. The van der Waals surface area contributed by atoms with Crippen molar-refractivity contribution in [3.63, 3.8) is 0 Å². The second kappa shape index (κ2) is 38.1. The summed E-state index contributed by atoms with van der Waals surface area (Å²) in [5.74, 6) is -1.19. The largest absolute Gasteiger partial charge is 0.465 e. The molecular formula is C45H83NO7. The monoisotopic (exact) mass is 750 g/mol. The highest BCUT2D eigenvalue weighted by Crippen LogP contribution is 2.21. The summed E-state index contributed by atoms with van der Waals surface area (Å²) in [5.41, 5.74) is -1.21.